The molecule has 0 spiro atoms. The molecule has 0 fully saturated rings. The molecule has 1 aliphatic rings. The molecule has 0 aromatic carbocycles. The van der Waals surface area contributed by atoms with Crippen LogP contribution in [0, 0.1) is 0 Å². The molecular formula is C7H9NO2S. The summed E-state index contributed by atoms with van der Waals surface area (Å²) in [6, 6.07) is 0. The second-order valence-corrected chi connectivity index (χ2v) is 3.83. The van der Waals surface area contributed by atoms with E-state index in [1.54, 1.807) is 12.2 Å². The molecule has 0 saturated heterocycles. The highest BCUT2D eigenvalue weighted by atomic mass is 32.2. The summed E-state index contributed by atoms with van der Waals surface area (Å²) in [5, 5.41) is 3.87. The Kier molecular flexibility index (Phi) is 2.62. The zero-order valence-corrected chi connectivity index (χ0v) is 6.93. The highest BCUT2D eigenvalue weighted by Crippen LogP contribution is 2.15. The van der Waals surface area contributed by atoms with Gasteiger partial charge in [0.15, 0.2) is 0 Å². The maximum Gasteiger partial charge on any atom is 0.356 e. The van der Waals surface area contributed by atoms with Gasteiger partial charge in [-0.3, -0.25) is 0 Å². The molecule has 1 heterocycles. The van der Waals surface area contributed by atoms with E-state index in [2.05, 4.69) is 11.1 Å². The summed E-state index contributed by atoms with van der Waals surface area (Å²) < 4.78 is 0. The lowest BCUT2D eigenvalue weighted by molar-refractivity contribution is -0.139. The minimum Gasteiger partial charge on any atom is -0.370 e. The number of allylic oxidation sites excluding steroid dienone is 1. The van der Waals surface area contributed by atoms with Gasteiger partial charge in [0.2, 0.25) is 0 Å². The molecule has 1 atom stereocenters. The first-order chi connectivity index (χ1) is 5.24. The number of carbonyl (C=O) groups excluding carboxylic acids is 1. The molecule has 11 heavy (non-hydrogen) atoms. The summed E-state index contributed by atoms with van der Waals surface area (Å²) in [5.74, 6) is 4.21. The fourth-order valence-corrected chi connectivity index (χ4v) is 1.48. The first-order valence-corrected chi connectivity index (χ1v) is 4.78. The molecule has 1 rings (SSSR count). The molecule has 0 aliphatic carbocycles. The van der Waals surface area contributed by atoms with Gasteiger partial charge in [0.05, 0.1) is 5.57 Å². The van der Waals surface area contributed by atoms with E-state index in [0.29, 0.717) is 5.57 Å². The monoisotopic (exact) mass is 171 g/mol. The van der Waals surface area contributed by atoms with Gasteiger partial charge in [-0.1, -0.05) is 0 Å². The molecule has 60 valence electrons. The van der Waals surface area contributed by atoms with E-state index < -0.39 is 5.97 Å². The Balaban J connectivity index is 2.79. The average Bonchev–Trinajstić information content (AvgIpc) is 2.05. The van der Waals surface area contributed by atoms with Crippen LogP contribution < -0.4 is 5.90 Å². The van der Waals surface area contributed by atoms with Crippen molar-refractivity contribution in [3.63, 3.8) is 0 Å². The molecule has 0 saturated carbocycles. The number of nitrogens with two attached hydrogens (primary N) is 1. The molecule has 1 aliphatic heterocycles. The fraction of sp³-hybridized carbons (Fsp3) is 0.143. The van der Waals surface area contributed by atoms with E-state index >= 15 is 0 Å². The minimum atomic E-state index is -0.491. The minimum absolute atomic E-state index is 0.140. The van der Waals surface area contributed by atoms with E-state index in [1.165, 1.54) is 0 Å². The molecule has 2 N–H and O–H groups in total. The van der Waals surface area contributed by atoms with E-state index in [1.807, 2.05) is 10.8 Å². The van der Waals surface area contributed by atoms with Crippen LogP contribution in [-0.2, 0) is 9.63 Å². The van der Waals surface area contributed by atoms with Crippen molar-refractivity contribution in [2.45, 2.75) is 0 Å². The molecular weight excluding hydrogens is 162 g/mol. The highest BCUT2D eigenvalue weighted by molar-refractivity contribution is 8.17. The van der Waals surface area contributed by atoms with Gasteiger partial charge in [0.25, 0.3) is 0 Å². The maximum absolute atomic E-state index is 10.8. The van der Waals surface area contributed by atoms with Gasteiger partial charge in [-0.2, -0.15) is 16.4 Å². The van der Waals surface area contributed by atoms with Crippen molar-refractivity contribution in [1.29, 1.82) is 0 Å². The third-order valence-electron chi connectivity index (χ3n) is 1.27. The predicted molar refractivity (Wildman–Crippen MR) is 47.1 cm³/mol. The summed E-state index contributed by atoms with van der Waals surface area (Å²) in [6.45, 7) is 0. The molecule has 3 nitrogen and oxygen atoms in total. The number of rotatable bonds is 1. The molecule has 0 aromatic heterocycles. The molecule has 0 bridgehead atoms. The van der Waals surface area contributed by atoms with Crippen LogP contribution >= 0.6 is 10.5 Å². The van der Waals surface area contributed by atoms with Crippen LogP contribution in [-0.4, -0.2) is 17.6 Å². The Bertz CT molecular complexity index is 266. The van der Waals surface area contributed by atoms with Crippen molar-refractivity contribution >= 4 is 21.8 Å². The van der Waals surface area contributed by atoms with Crippen molar-refractivity contribution in [2.75, 3.05) is 6.26 Å². The molecule has 0 aromatic rings. The zero-order chi connectivity index (χ0) is 8.27. The van der Waals surface area contributed by atoms with E-state index in [0.717, 1.165) is 0 Å². The van der Waals surface area contributed by atoms with Crippen LogP contribution in [0.3, 0.4) is 0 Å². The van der Waals surface area contributed by atoms with Gasteiger partial charge < -0.3 is 4.84 Å². The van der Waals surface area contributed by atoms with Gasteiger partial charge in [-0.25, -0.2) is 4.79 Å². The topological polar surface area (TPSA) is 52.3 Å². The van der Waals surface area contributed by atoms with Crippen molar-refractivity contribution in [2.24, 2.45) is 5.90 Å². The standard InChI is InChI=1S/C7H9NO2S/c1-11-4-2-6(3-5-11)7(9)10-8/h2-5H,8H2,1H3. The van der Waals surface area contributed by atoms with Crippen LogP contribution in [0.5, 0.6) is 0 Å². The number of hydrogen-bond donors (Lipinski definition) is 1. The Morgan fingerprint density at radius 2 is 2.45 bits per heavy atom. The van der Waals surface area contributed by atoms with Crippen LogP contribution in [0.2, 0.25) is 0 Å². The SMILES string of the molecule is CS1=CC=C(C(=O)ON)C=C1. The average molecular weight is 171 g/mol. The Morgan fingerprint density at radius 1 is 1.73 bits per heavy atom. The molecule has 4 heteroatoms. The van der Waals surface area contributed by atoms with Gasteiger partial charge in [-0.15, -0.1) is 0 Å². The van der Waals surface area contributed by atoms with E-state index in [9.17, 15) is 4.79 Å². The van der Waals surface area contributed by atoms with E-state index in [-0.39, 0.29) is 10.5 Å². The second kappa shape index (κ2) is 3.50. The van der Waals surface area contributed by atoms with Crippen LogP contribution in [0.4, 0.5) is 0 Å². The van der Waals surface area contributed by atoms with Crippen LogP contribution in [0.25, 0.3) is 0 Å². The quantitative estimate of drug-likeness (QED) is 0.463. The van der Waals surface area contributed by atoms with Gasteiger partial charge >= 0.3 is 5.97 Å². The zero-order valence-electron chi connectivity index (χ0n) is 6.11. The Hall–Kier alpha value is -0.870. The van der Waals surface area contributed by atoms with E-state index in [4.69, 9.17) is 5.90 Å². The summed E-state index contributed by atoms with van der Waals surface area (Å²) >= 11 is 0. The van der Waals surface area contributed by atoms with Gasteiger partial charge in [0.1, 0.15) is 0 Å². The Morgan fingerprint density at radius 3 is 2.91 bits per heavy atom. The van der Waals surface area contributed by atoms with Gasteiger partial charge in [-0.05, 0) is 29.2 Å². The maximum atomic E-state index is 10.8. The lowest BCUT2D eigenvalue weighted by Crippen LogP contribution is -2.11. The van der Waals surface area contributed by atoms with Crippen LogP contribution in [0.15, 0.2) is 23.1 Å². The van der Waals surface area contributed by atoms with Crippen LogP contribution in [0.1, 0.15) is 0 Å². The smallest absolute Gasteiger partial charge is 0.356 e. The molecule has 1 unspecified atom stereocenters. The van der Waals surface area contributed by atoms with Crippen molar-refractivity contribution in [3.05, 3.63) is 23.1 Å². The third-order valence-corrected chi connectivity index (χ3v) is 2.40. The first-order valence-electron chi connectivity index (χ1n) is 3.02. The first kappa shape index (κ1) is 8.23. The summed E-state index contributed by atoms with van der Waals surface area (Å²) in [6.07, 6.45) is 5.49. The lowest BCUT2D eigenvalue weighted by atomic mass is 10.2. The lowest BCUT2D eigenvalue weighted by Gasteiger charge is -2.02. The van der Waals surface area contributed by atoms with Crippen molar-refractivity contribution in [1.82, 2.24) is 0 Å². The predicted octanol–water partition coefficient (Wildman–Crippen LogP) is 0.558. The third kappa shape index (κ3) is 2.03. The fourth-order valence-electron chi connectivity index (χ4n) is 0.666. The molecule has 0 radical (unpaired) electrons. The molecule has 0 amide bonds. The highest BCUT2D eigenvalue weighted by Gasteiger charge is 2.06. The van der Waals surface area contributed by atoms with Crippen molar-refractivity contribution in [3.8, 4) is 0 Å². The largest absolute Gasteiger partial charge is 0.370 e. The number of carbonyl (C=O) groups is 1. The number of hydrogen-bond acceptors (Lipinski definition) is 3. The van der Waals surface area contributed by atoms with Gasteiger partial charge in [0, 0.05) is 0 Å². The second-order valence-electron chi connectivity index (χ2n) is 2.07. The van der Waals surface area contributed by atoms with Crippen molar-refractivity contribution < 1.29 is 9.63 Å². The normalized spacial score (nSPS) is 22.0. The summed E-state index contributed by atoms with van der Waals surface area (Å²) in [7, 11) is 0.140. The summed E-state index contributed by atoms with van der Waals surface area (Å²) in [4.78, 5) is 14.8. The Labute approximate surface area is 67.4 Å². The summed E-state index contributed by atoms with van der Waals surface area (Å²) in [5.41, 5.74) is 0.498.